The molecule has 0 spiro atoms. The predicted molar refractivity (Wildman–Crippen MR) is 171 cm³/mol. The summed E-state index contributed by atoms with van der Waals surface area (Å²) in [6, 6.07) is 23.6. The van der Waals surface area contributed by atoms with Crippen LogP contribution in [0.15, 0.2) is 72.8 Å². The fourth-order valence-corrected chi connectivity index (χ4v) is 5.95. The van der Waals surface area contributed by atoms with E-state index in [4.69, 9.17) is 11.6 Å². The molecular weight excluding hydrogens is 560 g/mol. The molecule has 1 aliphatic rings. The quantitative estimate of drug-likeness (QED) is 0.163. The smallest absolute Gasteiger partial charge is 0.270 e. The van der Waals surface area contributed by atoms with E-state index in [1.54, 1.807) is 12.1 Å². The lowest BCUT2D eigenvalue weighted by atomic mass is 9.84. The van der Waals surface area contributed by atoms with Crippen molar-refractivity contribution in [1.82, 2.24) is 20.6 Å². The highest BCUT2D eigenvalue weighted by molar-refractivity contribution is 6.20. The maximum absolute atomic E-state index is 14.2. The number of hydrogen-bond donors (Lipinski definition) is 2. The fourth-order valence-electron chi connectivity index (χ4n) is 5.79. The van der Waals surface area contributed by atoms with Crippen LogP contribution in [-0.2, 0) is 13.0 Å². The van der Waals surface area contributed by atoms with Crippen LogP contribution in [0.25, 0.3) is 0 Å². The molecule has 0 saturated heterocycles. The molecule has 9 heteroatoms. The van der Waals surface area contributed by atoms with Gasteiger partial charge in [-0.2, -0.15) is 5.21 Å². The van der Waals surface area contributed by atoms with Gasteiger partial charge >= 0.3 is 0 Å². The number of H-pyrrole nitrogens is 1. The van der Waals surface area contributed by atoms with Gasteiger partial charge < -0.3 is 4.90 Å². The van der Waals surface area contributed by atoms with Crippen LogP contribution in [0.5, 0.6) is 0 Å². The number of aromatic nitrogens is 4. The maximum Gasteiger partial charge on any atom is 0.270 e. The minimum absolute atomic E-state index is 0.0506. The Labute approximate surface area is 258 Å². The van der Waals surface area contributed by atoms with Gasteiger partial charge in [-0.3, -0.25) is 14.9 Å². The van der Waals surface area contributed by atoms with Crippen LogP contribution in [0.1, 0.15) is 102 Å². The third-order valence-electron chi connectivity index (χ3n) is 8.30. The summed E-state index contributed by atoms with van der Waals surface area (Å²) < 4.78 is 0. The van der Waals surface area contributed by atoms with Crippen LogP contribution in [0, 0.1) is 0 Å². The van der Waals surface area contributed by atoms with Crippen molar-refractivity contribution >= 4 is 35.1 Å². The first-order chi connectivity index (χ1) is 21.0. The summed E-state index contributed by atoms with van der Waals surface area (Å²) in [6.07, 6.45) is 9.95. The molecule has 3 aromatic carbocycles. The Morgan fingerprint density at radius 1 is 0.977 bits per heavy atom. The number of anilines is 2. The van der Waals surface area contributed by atoms with Gasteiger partial charge in [-0.25, -0.2) is 0 Å². The Balaban J connectivity index is 1.39. The zero-order chi connectivity index (χ0) is 30.0. The van der Waals surface area contributed by atoms with Gasteiger partial charge in [0.15, 0.2) is 0 Å². The van der Waals surface area contributed by atoms with Crippen LogP contribution < -0.4 is 10.2 Å². The molecule has 4 aromatic rings. The largest absolute Gasteiger partial charge is 0.304 e. The Hall–Kier alpha value is -4.04. The zero-order valence-electron chi connectivity index (χ0n) is 24.6. The van der Waals surface area contributed by atoms with Gasteiger partial charge in [0.2, 0.25) is 0 Å². The van der Waals surface area contributed by atoms with E-state index in [1.807, 2.05) is 47.4 Å². The third-order valence-corrected chi connectivity index (χ3v) is 8.82. The van der Waals surface area contributed by atoms with Gasteiger partial charge in [-0.05, 0) is 96.7 Å². The second-order valence-corrected chi connectivity index (χ2v) is 11.9. The van der Waals surface area contributed by atoms with Crippen molar-refractivity contribution in [1.29, 1.82) is 0 Å². The zero-order valence-corrected chi connectivity index (χ0v) is 25.4. The number of alkyl halides is 1. The first-order valence-electron chi connectivity index (χ1n) is 15.3. The van der Waals surface area contributed by atoms with Gasteiger partial charge in [-0.1, -0.05) is 73.7 Å². The molecule has 8 nitrogen and oxygen atoms in total. The van der Waals surface area contributed by atoms with Crippen LogP contribution in [-0.4, -0.2) is 37.8 Å². The minimum Gasteiger partial charge on any atom is -0.304 e. The average Bonchev–Trinajstić information content (AvgIpc) is 3.57. The van der Waals surface area contributed by atoms with E-state index < -0.39 is 0 Å². The first kappa shape index (κ1) is 30.4. The minimum atomic E-state index is -0.339. The van der Waals surface area contributed by atoms with Crippen molar-refractivity contribution in [2.75, 3.05) is 10.2 Å². The number of para-hydroxylation sites is 1. The van der Waals surface area contributed by atoms with Crippen molar-refractivity contribution in [3.05, 3.63) is 101 Å². The van der Waals surface area contributed by atoms with Crippen molar-refractivity contribution in [3.8, 4) is 0 Å². The molecular formula is C34H39ClN6O2. The number of tetrazole rings is 1. The van der Waals surface area contributed by atoms with Gasteiger partial charge in [0.25, 0.3) is 17.8 Å². The molecule has 1 aromatic heterocycles. The van der Waals surface area contributed by atoms with Gasteiger partial charge in [0, 0.05) is 22.2 Å². The molecule has 1 aliphatic carbocycles. The number of carbonyl (C=O) groups is 2. The van der Waals surface area contributed by atoms with E-state index >= 15 is 0 Å². The Bertz CT molecular complexity index is 1470. The molecule has 0 aliphatic heterocycles. The number of rotatable bonds is 12. The SMILES string of the molecule is CCC(Cl)CCCc1ccccc1N(Cc1ccc(C(=O)Nc2nn[nH]n2)cc1)C(=O)c1ccc(C2CCCCC2)cc1. The lowest BCUT2D eigenvalue weighted by molar-refractivity contribution is 0.0983. The average molecular weight is 599 g/mol. The van der Waals surface area contributed by atoms with E-state index in [0.717, 1.165) is 42.5 Å². The molecule has 2 N–H and O–H groups in total. The summed E-state index contributed by atoms with van der Waals surface area (Å²) in [5.74, 6) is 0.301. The second-order valence-electron chi connectivity index (χ2n) is 11.3. The number of nitrogens with zero attached hydrogens (tertiary/aromatic N) is 4. The van der Waals surface area contributed by atoms with Gasteiger partial charge in [-0.15, -0.1) is 16.7 Å². The van der Waals surface area contributed by atoms with E-state index in [2.05, 4.69) is 51.1 Å². The fraction of sp³-hybridized carbons (Fsp3) is 0.382. The summed E-state index contributed by atoms with van der Waals surface area (Å²) in [5.41, 5.74) is 5.36. The van der Waals surface area contributed by atoms with Crippen molar-refractivity contribution in [2.45, 2.75) is 82.6 Å². The monoisotopic (exact) mass is 598 g/mol. The lowest BCUT2D eigenvalue weighted by Gasteiger charge is -2.27. The van der Waals surface area contributed by atoms with Crippen molar-refractivity contribution in [2.24, 2.45) is 0 Å². The summed E-state index contributed by atoms with van der Waals surface area (Å²) >= 11 is 6.41. The topological polar surface area (TPSA) is 104 Å². The molecule has 1 unspecified atom stereocenters. The highest BCUT2D eigenvalue weighted by Gasteiger charge is 2.22. The Kier molecular flexibility index (Phi) is 10.6. The van der Waals surface area contributed by atoms with Crippen molar-refractivity contribution in [3.63, 3.8) is 0 Å². The number of aromatic amines is 1. The van der Waals surface area contributed by atoms with Gasteiger partial charge in [0.05, 0.1) is 6.54 Å². The maximum atomic E-state index is 14.2. The number of benzene rings is 3. The van der Waals surface area contributed by atoms with E-state index in [1.165, 1.54) is 37.7 Å². The standard InChI is InChI=1S/C34H39ClN6O2/c1-2-30(35)13-8-12-27-11-6-7-14-31(27)41(33(43)29-21-19-26(20-22-29)25-9-4-3-5-10-25)23-24-15-17-28(18-16-24)32(42)36-34-37-39-40-38-34/h6-7,11,14-22,25,30H,2-5,8-10,12-13,23H2,1H3,(H2,36,37,38,39,40,42). The van der Waals surface area contributed by atoms with Crippen LogP contribution in [0.2, 0.25) is 0 Å². The van der Waals surface area contributed by atoms with Crippen LogP contribution in [0.4, 0.5) is 11.6 Å². The van der Waals surface area contributed by atoms with Crippen LogP contribution in [0.3, 0.4) is 0 Å². The molecule has 1 fully saturated rings. The van der Waals surface area contributed by atoms with Crippen molar-refractivity contribution < 1.29 is 9.59 Å². The predicted octanol–water partition coefficient (Wildman–Crippen LogP) is 7.69. The second kappa shape index (κ2) is 14.9. The first-order valence-corrected chi connectivity index (χ1v) is 15.7. The Morgan fingerprint density at radius 3 is 2.40 bits per heavy atom. The summed E-state index contributed by atoms with van der Waals surface area (Å²) in [4.78, 5) is 28.7. The van der Waals surface area contributed by atoms with E-state index in [-0.39, 0.29) is 23.1 Å². The number of halogens is 1. The van der Waals surface area contributed by atoms with E-state index in [0.29, 0.717) is 23.6 Å². The molecule has 5 rings (SSSR count). The van der Waals surface area contributed by atoms with E-state index in [9.17, 15) is 9.59 Å². The molecule has 224 valence electrons. The number of amides is 2. The molecule has 1 atom stereocenters. The van der Waals surface area contributed by atoms with Gasteiger partial charge in [0.1, 0.15) is 0 Å². The van der Waals surface area contributed by atoms with Crippen LogP contribution >= 0.6 is 11.6 Å². The summed E-state index contributed by atoms with van der Waals surface area (Å²) in [6.45, 7) is 2.46. The molecule has 0 bridgehead atoms. The Morgan fingerprint density at radius 2 is 1.70 bits per heavy atom. The molecule has 43 heavy (non-hydrogen) atoms. The molecule has 1 heterocycles. The third kappa shape index (κ3) is 8.08. The molecule has 0 radical (unpaired) electrons. The number of aryl methyl sites for hydroxylation is 1. The summed E-state index contributed by atoms with van der Waals surface area (Å²) in [5, 5.41) is 16.1. The number of carbonyl (C=O) groups excluding carboxylic acids is 2. The number of nitrogens with one attached hydrogen (secondary N) is 2. The normalized spacial score (nSPS) is 14.3. The summed E-state index contributed by atoms with van der Waals surface area (Å²) in [7, 11) is 0. The molecule has 1 saturated carbocycles. The molecule has 2 amide bonds. The lowest BCUT2D eigenvalue weighted by Crippen LogP contribution is -2.31. The number of hydrogen-bond acceptors (Lipinski definition) is 5. The highest BCUT2D eigenvalue weighted by atomic mass is 35.5. The highest BCUT2D eigenvalue weighted by Crippen LogP contribution is 2.33.